The van der Waals surface area contributed by atoms with Crippen LogP contribution >= 0.6 is 22.6 Å². The Bertz CT molecular complexity index is 775. The largest absolute Gasteiger partial charge is 0.493 e. The predicted octanol–water partition coefficient (Wildman–Crippen LogP) is 2.46. The Morgan fingerprint density at radius 2 is 1.85 bits per heavy atom. The van der Waals surface area contributed by atoms with Crippen LogP contribution < -0.4 is 9.47 Å². The molecule has 0 spiro atoms. The third-order valence-corrected chi connectivity index (χ3v) is 4.12. The Hall–Kier alpha value is -2.30. The molecule has 1 fully saturated rings. The van der Waals surface area contributed by atoms with Gasteiger partial charge in [0.2, 0.25) is 0 Å². The summed E-state index contributed by atoms with van der Waals surface area (Å²) >= 11 is 1.99. The zero-order valence-electron chi connectivity index (χ0n) is 15.3. The molecule has 1 aliphatic heterocycles. The van der Waals surface area contributed by atoms with Crippen LogP contribution in [0.1, 0.15) is 26.3 Å². The van der Waals surface area contributed by atoms with E-state index in [0.29, 0.717) is 20.6 Å². The molecule has 1 aliphatic rings. The van der Waals surface area contributed by atoms with Gasteiger partial charge in [-0.15, -0.1) is 0 Å². The Kier molecular flexibility index (Phi) is 6.68. The molecule has 0 radical (unpaired) electrons. The van der Waals surface area contributed by atoms with Crippen molar-refractivity contribution in [3.05, 3.63) is 26.8 Å². The standard InChI is InChI=1S/C18H19IO8/c1-5-24-14(20)9-25-15-12(19)7-10(8-13(15)23-4)6-11-16(21)26-18(2,3)27-17(11)22/h6-8H,5,9H2,1-4H3. The van der Waals surface area contributed by atoms with Gasteiger partial charge in [-0.2, -0.15) is 0 Å². The molecule has 27 heavy (non-hydrogen) atoms. The zero-order chi connectivity index (χ0) is 20.2. The maximum Gasteiger partial charge on any atom is 0.348 e. The molecule has 0 aliphatic carbocycles. The van der Waals surface area contributed by atoms with Crippen molar-refractivity contribution in [3.8, 4) is 11.5 Å². The van der Waals surface area contributed by atoms with E-state index >= 15 is 0 Å². The van der Waals surface area contributed by atoms with Crippen LogP contribution in [0.3, 0.4) is 0 Å². The summed E-state index contributed by atoms with van der Waals surface area (Å²) < 4.78 is 26.3. The van der Waals surface area contributed by atoms with Gasteiger partial charge in [0.05, 0.1) is 17.3 Å². The number of methoxy groups -OCH3 is 1. The molecule has 1 aromatic carbocycles. The molecule has 0 saturated carbocycles. The minimum absolute atomic E-state index is 0.229. The molecule has 0 unspecified atom stereocenters. The molecule has 146 valence electrons. The van der Waals surface area contributed by atoms with Crippen molar-refractivity contribution in [3.63, 3.8) is 0 Å². The smallest absolute Gasteiger partial charge is 0.348 e. The van der Waals surface area contributed by atoms with Gasteiger partial charge in [-0.25, -0.2) is 14.4 Å². The lowest BCUT2D eigenvalue weighted by molar-refractivity contribution is -0.222. The maximum absolute atomic E-state index is 12.1. The molecule has 0 atom stereocenters. The molecule has 0 aromatic heterocycles. The molecular weight excluding hydrogens is 471 g/mol. The number of cyclic esters (lactones) is 2. The van der Waals surface area contributed by atoms with Gasteiger partial charge in [-0.3, -0.25) is 0 Å². The quantitative estimate of drug-likeness (QED) is 0.260. The summed E-state index contributed by atoms with van der Waals surface area (Å²) in [5, 5.41) is 0. The highest BCUT2D eigenvalue weighted by Crippen LogP contribution is 2.35. The number of rotatable bonds is 6. The van der Waals surface area contributed by atoms with Gasteiger partial charge in [0.25, 0.3) is 5.79 Å². The van der Waals surface area contributed by atoms with Crippen molar-refractivity contribution in [1.82, 2.24) is 0 Å². The fourth-order valence-electron chi connectivity index (χ4n) is 2.24. The van der Waals surface area contributed by atoms with Gasteiger partial charge in [0, 0.05) is 13.8 Å². The van der Waals surface area contributed by atoms with Crippen LogP contribution in [0.25, 0.3) is 6.08 Å². The zero-order valence-corrected chi connectivity index (χ0v) is 17.4. The maximum atomic E-state index is 12.1. The minimum atomic E-state index is -1.30. The van der Waals surface area contributed by atoms with E-state index in [1.165, 1.54) is 27.0 Å². The van der Waals surface area contributed by atoms with E-state index in [1.807, 2.05) is 22.6 Å². The first-order valence-corrected chi connectivity index (χ1v) is 9.09. The van der Waals surface area contributed by atoms with Crippen molar-refractivity contribution in [2.24, 2.45) is 0 Å². The molecule has 1 aromatic rings. The van der Waals surface area contributed by atoms with Gasteiger partial charge in [0.15, 0.2) is 18.1 Å². The van der Waals surface area contributed by atoms with Gasteiger partial charge < -0.3 is 23.7 Å². The summed E-state index contributed by atoms with van der Waals surface area (Å²) in [4.78, 5) is 35.6. The minimum Gasteiger partial charge on any atom is -0.493 e. The highest BCUT2D eigenvalue weighted by molar-refractivity contribution is 14.1. The van der Waals surface area contributed by atoms with Gasteiger partial charge in [-0.05, 0) is 53.3 Å². The summed E-state index contributed by atoms with van der Waals surface area (Å²) in [6.07, 6.45) is 1.35. The summed E-state index contributed by atoms with van der Waals surface area (Å²) in [5.41, 5.74) is 0.274. The second kappa shape index (κ2) is 8.59. The predicted molar refractivity (Wildman–Crippen MR) is 102 cm³/mol. The van der Waals surface area contributed by atoms with Crippen LogP contribution in [0.5, 0.6) is 11.5 Å². The summed E-state index contributed by atoms with van der Waals surface area (Å²) in [7, 11) is 1.44. The molecule has 0 amide bonds. The fourth-order valence-corrected chi connectivity index (χ4v) is 3.02. The third-order valence-electron chi connectivity index (χ3n) is 3.32. The van der Waals surface area contributed by atoms with Gasteiger partial charge in [-0.1, -0.05) is 0 Å². The molecule has 1 saturated heterocycles. The molecule has 1 heterocycles. The second-order valence-electron chi connectivity index (χ2n) is 5.86. The van der Waals surface area contributed by atoms with Crippen LogP contribution in [0, 0.1) is 3.57 Å². The van der Waals surface area contributed by atoms with Crippen molar-refractivity contribution >= 4 is 46.6 Å². The molecule has 0 bridgehead atoms. The Morgan fingerprint density at radius 3 is 2.41 bits per heavy atom. The van der Waals surface area contributed by atoms with E-state index < -0.39 is 23.7 Å². The van der Waals surface area contributed by atoms with Crippen LogP contribution in [-0.2, 0) is 28.6 Å². The van der Waals surface area contributed by atoms with E-state index in [-0.39, 0.29) is 18.8 Å². The van der Waals surface area contributed by atoms with Crippen LogP contribution in [0.2, 0.25) is 0 Å². The lowest BCUT2D eigenvalue weighted by atomic mass is 10.1. The summed E-state index contributed by atoms with van der Waals surface area (Å²) in [5.74, 6) is -2.67. The van der Waals surface area contributed by atoms with Crippen molar-refractivity contribution in [2.75, 3.05) is 20.3 Å². The van der Waals surface area contributed by atoms with Gasteiger partial charge in [0.1, 0.15) is 5.57 Å². The topological polar surface area (TPSA) is 97.4 Å². The molecule has 9 heteroatoms. The highest BCUT2D eigenvalue weighted by atomic mass is 127. The van der Waals surface area contributed by atoms with Crippen LogP contribution in [-0.4, -0.2) is 44.0 Å². The van der Waals surface area contributed by atoms with Gasteiger partial charge >= 0.3 is 17.9 Å². The first-order valence-electron chi connectivity index (χ1n) is 8.01. The summed E-state index contributed by atoms with van der Waals surface area (Å²) in [6, 6.07) is 3.23. The molecule has 2 rings (SSSR count). The fraction of sp³-hybridized carbons (Fsp3) is 0.389. The van der Waals surface area contributed by atoms with E-state index in [0.717, 1.165) is 0 Å². The van der Waals surface area contributed by atoms with Crippen LogP contribution in [0.4, 0.5) is 0 Å². The van der Waals surface area contributed by atoms with Crippen molar-refractivity contribution in [2.45, 2.75) is 26.6 Å². The second-order valence-corrected chi connectivity index (χ2v) is 7.03. The lowest BCUT2D eigenvalue weighted by Crippen LogP contribution is -2.41. The number of carbonyl (C=O) groups is 3. The van der Waals surface area contributed by atoms with Crippen molar-refractivity contribution in [1.29, 1.82) is 0 Å². The Morgan fingerprint density at radius 1 is 1.22 bits per heavy atom. The normalized spacial score (nSPS) is 15.5. The number of halogens is 1. The number of benzene rings is 1. The van der Waals surface area contributed by atoms with Crippen molar-refractivity contribution < 1.29 is 38.1 Å². The Balaban J connectivity index is 2.29. The summed E-state index contributed by atoms with van der Waals surface area (Å²) in [6.45, 7) is 4.63. The average molecular weight is 490 g/mol. The third kappa shape index (κ3) is 5.34. The number of hydrogen-bond acceptors (Lipinski definition) is 8. The molecule has 0 N–H and O–H groups in total. The molecule has 8 nitrogen and oxygen atoms in total. The van der Waals surface area contributed by atoms with E-state index in [1.54, 1.807) is 19.1 Å². The van der Waals surface area contributed by atoms with Crippen LogP contribution in [0.15, 0.2) is 17.7 Å². The number of esters is 3. The Labute approximate surface area is 169 Å². The first kappa shape index (κ1) is 21.0. The lowest BCUT2D eigenvalue weighted by Gasteiger charge is -2.29. The SMILES string of the molecule is CCOC(=O)COc1c(I)cc(C=C2C(=O)OC(C)(C)OC2=O)cc1OC. The first-order chi connectivity index (χ1) is 12.7. The van der Waals surface area contributed by atoms with E-state index in [9.17, 15) is 14.4 Å². The number of carbonyl (C=O) groups excluding carboxylic acids is 3. The average Bonchev–Trinajstić information content (AvgIpc) is 2.56. The highest BCUT2D eigenvalue weighted by Gasteiger charge is 2.38. The van der Waals surface area contributed by atoms with E-state index in [4.69, 9.17) is 23.7 Å². The number of hydrogen-bond donors (Lipinski definition) is 0. The monoisotopic (exact) mass is 490 g/mol. The molecular formula is C18H19IO8. The number of ether oxygens (including phenoxy) is 5. The van der Waals surface area contributed by atoms with E-state index in [2.05, 4.69) is 0 Å².